The van der Waals surface area contributed by atoms with Crippen molar-refractivity contribution in [2.24, 2.45) is 4.99 Å². The number of carbonyl (C=O) groups excluding carboxylic acids is 1. The van der Waals surface area contributed by atoms with Gasteiger partial charge in [0.1, 0.15) is 11.8 Å². The topological polar surface area (TPSA) is 69.9 Å². The first kappa shape index (κ1) is 22.2. The Labute approximate surface area is 193 Å². The van der Waals surface area contributed by atoms with E-state index in [0.717, 1.165) is 17.5 Å². The number of ether oxygens (including phenoxy) is 2. The number of carbonyl (C=O) groups is 1. The smallest absolute Gasteiger partial charge is 0.338 e. The van der Waals surface area contributed by atoms with E-state index in [9.17, 15) is 9.59 Å². The standard InChI is InChI=1S/C24H24N2O4S2/c1-4-8-17-20(23(28)30-5-2)21(16-9-6-7-10-18(16)29-3)26-22(27)19(32-24(26)25-17)13-15-11-12-31-14-15/h6-7,9-14,21H,4-5,8H2,1-3H3. The zero-order valence-electron chi connectivity index (χ0n) is 18.2. The van der Waals surface area contributed by atoms with Crippen molar-refractivity contribution >= 4 is 34.7 Å². The average molecular weight is 469 g/mol. The summed E-state index contributed by atoms with van der Waals surface area (Å²) in [5.74, 6) is 0.146. The second kappa shape index (κ2) is 9.67. The van der Waals surface area contributed by atoms with Crippen LogP contribution >= 0.6 is 22.7 Å². The molecule has 32 heavy (non-hydrogen) atoms. The van der Waals surface area contributed by atoms with E-state index in [1.807, 2.05) is 54.1 Å². The monoisotopic (exact) mass is 468 g/mol. The summed E-state index contributed by atoms with van der Waals surface area (Å²) >= 11 is 2.91. The lowest BCUT2D eigenvalue weighted by molar-refractivity contribution is -0.139. The van der Waals surface area contributed by atoms with E-state index >= 15 is 0 Å². The minimum Gasteiger partial charge on any atom is -0.496 e. The number of thiazole rings is 1. The molecular weight excluding hydrogens is 444 g/mol. The normalized spacial score (nSPS) is 16.0. The number of hydrogen-bond acceptors (Lipinski definition) is 7. The van der Waals surface area contributed by atoms with Crippen LogP contribution in [0.2, 0.25) is 0 Å². The SMILES string of the molecule is CCCC1=C(C(=O)OCC)C(c2ccccc2OC)n2c(sc(=Cc3ccsc3)c2=O)=N1. The highest BCUT2D eigenvalue weighted by molar-refractivity contribution is 7.08. The molecule has 0 saturated heterocycles. The third-order valence-electron chi connectivity index (χ3n) is 5.17. The largest absolute Gasteiger partial charge is 0.496 e. The number of esters is 1. The van der Waals surface area contributed by atoms with Crippen molar-refractivity contribution < 1.29 is 14.3 Å². The summed E-state index contributed by atoms with van der Waals surface area (Å²) in [6.07, 6.45) is 3.28. The van der Waals surface area contributed by atoms with Crippen molar-refractivity contribution in [3.05, 3.63) is 83.2 Å². The number of para-hydroxylation sites is 1. The maximum Gasteiger partial charge on any atom is 0.338 e. The van der Waals surface area contributed by atoms with Crippen LogP contribution in [-0.4, -0.2) is 24.3 Å². The van der Waals surface area contributed by atoms with Crippen LogP contribution in [0.4, 0.5) is 0 Å². The number of aromatic nitrogens is 1. The third kappa shape index (κ3) is 4.08. The fourth-order valence-corrected chi connectivity index (χ4v) is 5.45. The molecular formula is C24H24N2O4S2. The first-order valence-electron chi connectivity index (χ1n) is 10.5. The van der Waals surface area contributed by atoms with E-state index in [0.29, 0.717) is 32.8 Å². The Balaban J connectivity index is 2.04. The van der Waals surface area contributed by atoms with Gasteiger partial charge in [-0.3, -0.25) is 9.36 Å². The van der Waals surface area contributed by atoms with Gasteiger partial charge in [-0.25, -0.2) is 9.79 Å². The fourth-order valence-electron chi connectivity index (χ4n) is 3.82. The lowest BCUT2D eigenvalue weighted by Gasteiger charge is -2.26. The van der Waals surface area contributed by atoms with E-state index in [4.69, 9.17) is 14.5 Å². The van der Waals surface area contributed by atoms with Crippen LogP contribution in [0.15, 0.2) is 62.1 Å². The molecule has 0 spiro atoms. The molecule has 3 aromatic rings. The van der Waals surface area contributed by atoms with Crippen LogP contribution in [0.25, 0.3) is 6.08 Å². The highest BCUT2D eigenvalue weighted by atomic mass is 32.1. The number of nitrogens with zero attached hydrogens (tertiary/aromatic N) is 2. The van der Waals surface area contributed by atoms with Crippen LogP contribution < -0.4 is 19.6 Å². The summed E-state index contributed by atoms with van der Waals surface area (Å²) in [5, 5.41) is 3.96. The van der Waals surface area contributed by atoms with Crippen molar-refractivity contribution in [2.75, 3.05) is 13.7 Å². The van der Waals surface area contributed by atoms with Gasteiger partial charge in [0.15, 0.2) is 4.80 Å². The second-order valence-corrected chi connectivity index (χ2v) is 9.00. The summed E-state index contributed by atoms with van der Waals surface area (Å²) in [6.45, 7) is 4.05. The van der Waals surface area contributed by atoms with Crippen LogP contribution in [0, 0.1) is 0 Å². The molecule has 0 bridgehead atoms. The van der Waals surface area contributed by atoms with E-state index in [-0.39, 0.29) is 12.2 Å². The Morgan fingerprint density at radius 3 is 2.75 bits per heavy atom. The molecule has 3 heterocycles. The van der Waals surface area contributed by atoms with Gasteiger partial charge in [0.05, 0.1) is 29.5 Å². The molecule has 166 valence electrons. The number of thiophene rings is 1. The molecule has 0 radical (unpaired) electrons. The Kier molecular flexibility index (Phi) is 6.72. The third-order valence-corrected chi connectivity index (χ3v) is 6.85. The Hall–Kier alpha value is -2.97. The molecule has 4 rings (SSSR count). The van der Waals surface area contributed by atoms with Crippen molar-refractivity contribution in [1.29, 1.82) is 0 Å². The van der Waals surface area contributed by atoms with Gasteiger partial charge in [-0.1, -0.05) is 42.9 Å². The van der Waals surface area contributed by atoms with Gasteiger partial charge in [0.25, 0.3) is 5.56 Å². The summed E-state index contributed by atoms with van der Waals surface area (Å²) in [7, 11) is 1.58. The minimum absolute atomic E-state index is 0.187. The molecule has 1 atom stereocenters. The first-order valence-corrected chi connectivity index (χ1v) is 12.2. The predicted octanol–water partition coefficient (Wildman–Crippen LogP) is 3.65. The highest BCUT2D eigenvalue weighted by Crippen LogP contribution is 2.36. The van der Waals surface area contributed by atoms with E-state index in [1.165, 1.54) is 11.3 Å². The van der Waals surface area contributed by atoms with Gasteiger partial charge in [-0.15, -0.1) is 0 Å². The van der Waals surface area contributed by atoms with Gasteiger partial charge < -0.3 is 9.47 Å². The molecule has 0 aliphatic carbocycles. The van der Waals surface area contributed by atoms with E-state index in [1.54, 1.807) is 29.9 Å². The Morgan fingerprint density at radius 2 is 2.06 bits per heavy atom. The molecule has 0 fully saturated rings. The van der Waals surface area contributed by atoms with Crippen molar-refractivity contribution in [2.45, 2.75) is 32.7 Å². The van der Waals surface area contributed by atoms with Gasteiger partial charge >= 0.3 is 5.97 Å². The van der Waals surface area contributed by atoms with Crippen molar-refractivity contribution in [3.63, 3.8) is 0 Å². The predicted molar refractivity (Wildman–Crippen MR) is 127 cm³/mol. The molecule has 0 saturated carbocycles. The summed E-state index contributed by atoms with van der Waals surface area (Å²) < 4.78 is 13.2. The van der Waals surface area contributed by atoms with Crippen LogP contribution in [0.5, 0.6) is 5.75 Å². The number of rotatable bonds is 7. The number of fused-ring (bicyclic) bond motifs is 1. The Morgan fingerprint density at radius 1 is 1.25 bits per heavy atom. The summed E-state index contributed by atoms with van der Waals surface area (Å²) in [5.41, 5.74) is 2.56. The molecule has 1 aliphatic heterocycles. The second-order valence-electron chi connectivity index (χ2n) is 7.21. The van der Waals surface area contributed by atoms with E-state index < -0.39 is 12.0 Å². The zero-order chi connectivity index (χ0) is 22.7. The molecule has 8 heteroatoms. The lowest BCUT2D eigenvalue weighted by atomic mass is 9.93. The molecule has 1 aliphatic rings. The fraction of sp³-hybridized carbons (Fsp3) is 0.292. The number of hydrogen-bond donors (Lipinski definition) is 0. The van der Waals surface area contributed by atoms with E-state index in [2.05, 4.69) is 0 Å². The van der Waals surface area contributed by atoms with Crippen molar-refractivity contribution in [1.82, 2.24) is 4.57 Å². The van der Waals surface area contributed by atoms with Gasteiger partial charge in [-0.05, 0) is 47.9 Å². The molecule has 1 aromatic carbocycles. The molecule has 0 N–H and O–H groups in total. The maximum absolute atomic E-state index is 13.6. The van der Waals surface area contributed by atoms with Crippen LogP contribution in [0.1, 0.15) is 43.9 Å². The van der Waals surface area contributed by atoms with Gasteiger partial charge in [0, 0.05) is 5.56 Å². The first-order chi connectivity index (χ1) is 15.6. The highest BCUT2D eigenvalue weighted by Gasteiger charge is 2.35. The number of benzene rings is 1. The summed E-state index contributed by atoms with van der Waals surface area (Å²) in [6, 6.07) is 8.75. The lowest BCUT2D eigenvalue weighted by Crippen LogP contribution is -2.40. The quantitative estimate of drug-likeness (QED) is 0.497. The molecule has 2 aromatic heterocycles. The summed E-state index contributed by atoms with van der Waals surface area (Å²) in [4.78, 5) is 32.1. The molecule has 1 unspecified atom stereocenters. The van der Waals surface area contributed by atoms with Gasteiger partial charge in [0.2, 0.25) is 0 Å². The molecule has 0 amide bonds. The minimum atomic E-state index is -0.673. The number of methoxy groups -OCH3 is 1. The maximum atomic E-state index is 13.6. The average Bonchev–Trinajstić information content (AvgIpc) is 3.41. The van der Waals surface area contributed by atoms with Gasteiger partial charge in [-0.2, -0.15) is 11.3 Å². The van der Waals surface area contributed by atoms with Crippen LogP contribution in [0.3, 0.4) is 0 Å². The number of allylic oxidation sites excluding steroid dienone is 1. The zero-order valence-corrected chi connectivity index (χ0v) is 19.8. The Bertz CT molecular complexity index is 1330. The molecule has 6 nitrogen and oxygen atoms in total. The van der Waals surface area contributed by atoms with Crippen LogP contribution in [-0.2, 0) is 9.53 Å². The van der Waals surface area contributed by atoms with Crippen molar-refractivity contribution in [3.8, 4) is 5.75 Å².